The lowest BCUT2D eigenvalue weighted by atomic mass is 10.3. The largest absolute Gasteiger partial charge is 0.489 e. The van der Waals surface area contributed by atoms with Gasteiger partial charge in [-0.15, -0.1) is 0 Å². The van der Waals surface area contributed by atoms with Crippen molar-refractivity contribution in [3.63, 3.8) is 0 Å². The zero-order valence-electron chi connectivity index (χ0n) is 7.90. The van der Waals surface area contributed by atoms with E-state index in [9.17, 15) is 4.79 Å². The fraction of sp³-hybridized carbons (Fsp3) is 0.400. The molecule has 1 aromatic rings. The summed E-state index contributed by atoms with van der Waals surface area (Å²) in [6.07, 6.45) is 4.11. The first-order valence-corrected chi connectivity index (χ1v) is 4.50. The van der Waals surface area contributed by atoms with Crippen LogP contribution in [0.4, 0.5) is 0 Å². The van der Waals surface area contributed by atoms with Crippen LogP contribution in [0.1, 0.15) is 23.3 Å². The first-order valence-electron chi connectivity index (χ1n) is 4.50. The molecule has 0 atom stereocenters. The maximum absolute atomic E-state index is 11.0. The third-order valence-electron chi connectivity index (χ3n) is 1.96. The summed E-state index contributed by atoms with van der Waals surface area (Å²) in [5, 5.41) is 0. The number of aromatic nitrogens is 1. The topological polar surface area (TPSA) is 48.4 Å². The van der Waals surface area contributed by atoms with Gasteiger partial charge in [-0.3, -0.25) is 0 Å². The third-order valence-corrected chi connectivity index (χ3v) is 1.96. The molecule has 1 aliphatic rings. The van der Waals surface area contributed by atoms with Crippen LogP contribution in [-0.2, 0) is 4.74 Å². The Morgan fingerprint density at radius 3 is 2.79 bits per heavy atom. The maximum Gasteiger partial charge on any atom is 0.356 e. The predicted molar refractivity (Wildman–Crippen MR) is 49.2 cm³/mol. The lowest BCUT2D eigenvalue weighted by Crippen LogP contribution is -2.04. The van der Waals surface area contributed by atoms with Crippen LogP contribution < -0.4 is 4.74 Å². The van der Waals surface area contributed by atoms with E-state index >= 15 is 0 Å². The highest BCUT2D eigenvalue weighted by Crippen LogP contribution is 2.26. The first kappa shape index (κ1) is 8.99. The Hall–Kier alpha value is -1.58. The van der Waals surface area contributed by atoms with Crippen LogP contribution in [0, 0.1) is 0 Å². The number of nitrogens with zero attached hydrogens (tertiary/aromatic N) is 1. The molecular formula is C10H11NO3. The van der Waals surface area contributed by atoms with Crippen LogP contribution in [0.25, 0.3) is 0 Å². The molecule has 0 spiro atoms. The summed E-state index contributed by atoms with van der Waals surface area (Å²) < 4.78 is 10.0. The van der Waals surface area contributed by atoms with E-state index in [0.717, 1.165) is 12.8 Å². The van der Waals surface area contributed by atoms with Crippen molar-refractivity contribution in [3.05, 3.63) is 24.0 Å². The van der Waals surface area contributed by atoms with E-state index in [0.29, 0.717) is 17.5 Å². The highest BCUT2D eigenvalue weighted by atomic mass is 16.5. The minimum atomic E-state index is -0.428. The summed E-state index contributed by atoms with van der Waals surface area (Å²) in [6.45, 7) is 0. The predicted octanol–water partition coefficient (Wildman–Crippen LogP) is 1.41. The number of hydrogen-bond acceptors (Lipinski definition) is 4. The van der Waals surface area contributed by atoms with Crippen molar-refractivity contribution in [2.45, 2.75) is 18.9 Å². The standard InChI is InChI=1S/C10H11NO3/c1-13-10(12)9-5-4-8(6-11-9)14-7-2-3-7/h4-7H,2-3H2,1H3. The number of methoxy groups -OCH3 is 1. The summed E-state index contributed by atoms with van der Waals surface area (Å²) in [7, 11) is 1.33. The molecule has 4 heteroatoms. The van der Waals surface area contributed by atoms with Gasteiger partial charge < -0.3 is 9.47 Å². The first-order chi connectivity index (χ1) is 6.79. The summed E-state index contributed by atoms with van der Waals surface area (Å²) in [5.41, 5.74) is 0.302. The second kappa shape index (κ2) is 3.65. The fourth-order valence-corrected chi connectivity index (χ4v) is 1.05. The van der Waals surface area contributed by atoms with Crippen molar-refractivity contribution in [2.75, 3.05) is 7.11 Å². The van der Waals surface area contributed by atoms with Crippen LogP contribution in [0.3, 0.4) is 0 Å². The second-order valence-corrected chi connectivity index (χ2v) is 3.19. The monoisotopic (exact) mass is 193 g/mol. The van der Waals surface area contributed by atoms with E-state index in [-0.39, 0.29) is 0 Å². The van der Waals surface area contributed by atoms with E-state index in [1.807, 2.05) is 0 Å². The van der Waals surface area contributed by atoms with E-state index in [4.69, 9.17) is 4.74 Å². The van der Waals surface area contributed by atoms with Crippen LogP contribution in [0.15, 0.2) is 18.3 Å². The van der Waals surface area contributed by atoms with E-state index < -0.39 is 5.97 Å². The van der Waals surface area contributed by atoms with Crippen LogP contribution >= 0.6 is 0 Å². The Morgan fingerprint density at radius 1 is 1.50 bits per heavy atom. The molecule has 0 unspecified atom stereocenters. The van der Waals surface area contributed by atoms with Gasteiger partial charge in [0.2, 0.25) is 0 Å². The minimum Gasteiger partial charge on any atom is -0.489 e. The maximum atomic E-state index is 11.0. The third kappa shape index (κ3) is 2.02. The quantitative estimate of drug-likeness (QED) is 0.681. The van der Waals surface area contributed by atoms with Gasteiger partial charge in [-0.1, -0.05) is 0 Å². The average molecular weight is 193 g/mol. The summed E-state index contributed by atoms with van der Waals surface area (Å²) in [6, 6.07) is 3.33. The number of esters is 1. The normalized spacial score (nSPS) is 14.9. The SMILES string of the molecule is COC(=O)c1ccc(OC2CC2)cn1. The van der Waals surface area contributed by atoms with Crippen molar-refractivity contribution in [3.8, 4) is 5.75 Å². The van der Waals surface area contributed by atoms with Gasteiger partial charge in [0, 0.05) is 0 Å². The molecule has 1 fully saturated rings. The molecule has 2 rings (SSSR count). The average Bonchev–Trinajstić information content (AvgIpc) is 3.02. The highest BCUT2D eigenvalue weighted by molar-refractivity contribution is 5.87. The lowest BCUT2D eigenvalue weighted by Gasteiger charge is -2.03. The summed E-state index contributed by atoms with van der Waals surface area (Å²) in [4.78, 5) is 15.0. The van der Waals surface area contributed by atoms with Gasteiger partial charge in [-0.25, -0.2) is 9.78 Å². The molecule has 1 aromatic heterocycles. The number of rotatable bonds is 3. The summed E-state index contributed by atoms with van der Waals surface area (Å²) in [5.74, 6) is 0.281. The number of carbonyl (C=O) groups is 1. The molecule has 1 aliphatic carbocycles. The van der Waals surface area contributed by atoms with Gasteiger partial charge in [0.25, 0.3) is 0 Å². The number of carbonyl (C=O) groups excluding carboxylic acids is 1. The van der Waals surface area contributed by atoms with E-state index in [2.05, 4.69) is 9.72 Å². The number of ether oxygens (including phenoxy) is 2. The van der Waals surface area contributed by atoms with E-state index in [1.54, 1.807) is 18.3 Å². The number of hydrogen-bond donors (Lipinski definition) is 0. The molecule has 0 bridgehead atoms. The Balaban J connectivity index is 2.04. The van der Waals surface area contributed by atoms with Gasteiger partial charge >= 0.3 is 5.97 Å². The molecule has 74 valence electrons. The van der Waals surface area contributed by atoms with Crippen molar-refractivity contribution in [1.82, 2.24) is 4.98 Å². The smallest absolute Gasteiger partial charge is 0.356 e. The Morgan fingerprint density at radius 2 is 2.29 bits per heavy atom. The minimum absolute atomic E-state index is 0.302. The zero-order chi connectivity index (χ0) is 9.97. The van der Waals surface area contributed by atoms with Crippen molar-refractivity contribution < 1.29 is 14.3 Å². The van der Waals surface area contributed by atoms with Crippen molar-refractivity contribution in [1.29, 1.82) is 0 Å². The molecule has 1 saturated carbocycles. The second-order valence-electron chi connectivity index (χ2n) is 3.19. The van der Waals surface area contributed by atoms with Crippen molar-refractivity contribution in [2.24, 2.45) is 0 Å². The lowest BCUT2D eigenvalue weighted by molar-refractivity contribution is 0.0594. The Bertz CT molecular complexity index is 330. The molecule has 0 saturated heterocycles. The Labute approximate surface area is 81.9 Å². The van der Waals surface area contributed by atoms with Gasteiger partial charge in [-0.2, -0.15) is 0 Å². The van der Waals surface area contributed by atoms with Crippen molar-refractivity contribution >= 4 is 5.97 Å². The molecule has 0 N–H and O–H groups in total. The van der Waals surface area contributed by atoms with Crippen LogP contribution in [0.5, 0.6) is 5.75 Å². The summed E-state index contributed by atoms with van der Waals surface area (Å²) >= 11 is 0. The molecular weight excluding hydrogens is 182 g/mol. The van der Waals surface area contributed by atoms with E-state index in [1.165, 1.54) is 7.11 Å². The van der Waals surface area contributed by atoms with Crippen LogP contribution in [-0.4, -0.2) is 24.2 Å². The molecule has 0 aliphatic heterocycles. The zero-order valence-corrected chi connectivity index (χ0v) is 7.90. The van der Waals surface area contributed by atoms with Gasteiger partial charge in [0.15, 0.2) is 0 Å². The Kier molecular flexibility index (Phi) is 2.35. The fourth-order valence-electron chi connectivity index (χ4n) is 1.05. The highest BCUT2D eigenvalue weighted by Gasteiger charge is 2.23. The molecule has 0 amide bonds. The molecule has 0 radical (unpaired) electrons. The number of pyridine rings is 1. The molecule has 0 aromatic carbocycles. The van der Waals surface area contributed by atoms with Crippen LogP contribution in [0.2, 0.25) is 0 Å². The van der Waals surface area contributed by atoms with Gasteiger partial charge in [0.1, 0.15) is 11.4 Å². The molecule has 1 heterocycles. The van der Waals surface area contributed by atoms with Gasteiger partial charge in [-0.05, 0) is 25.0 Å². The molecule has 4 nitrogen and oxygen atoms in total. The molecule has 14 heavy (non-hydrogen) atoms. The van der Waals surface area contributed by atoms with Gasteiger partial charge in [0.05, 0.1) is 19.4 Å².